The lowest BCUT2D eigenvalue weighted by atomic mass is 10.3. The lowest BCUT2D eigenvalue weighted by Gasteiger charge is -2.06. The fraction of sp³-hybridized carbons (Fsp3) is 0.143. The Morgan fingerprint density at radius 1 is 1.32 bits per heavy atom. The van der Waals surface area contributed by atoms with Gasteiger partial charge >= 0.3 is 0 Å². The average molecular weight is 331 g/mol. The Hall–Kier alpha value is -2.06. The molecule has 0 aliphatic carbocycles. The van der Waals surface area contributed by atoms with E-state index < -0.39 is 0 Å². The van der Waals surface area contributed by atoms with E-state index in [0.29, 0.717) is 11.4 Å². The number of nitrogens with one attached hydrogen (secondary N) is 1. The molecule has 0 radical (unpaired) electrons. The van der Waals surface area contributed by atoms with Crippen LogP contribution in [0.2, 0.25) is 0 Å². The fourth-order valence-electron chi connectivity index (χ4n) is 1.83. The summed E-state index contributed by atoms with van der Waals surface area (Å²) in [6.07, 6.45) is 3.54. The van der Waals surface area contributed by atoms with Gasteiger partial charge in [-0.15, -0.1) is 22.0 Å². The van der Waals surface area contributed by atoms with E-state index in [0.717, 1.165) is 15.6 Å². The molecule has 3 aromatic rings. The minimum absolute atomic E-state index is 0.0612. The molecule has 1 amide bonds. The van der Waals surface area contributed by atoms with E-state index in [4.69, 9.17) is 0 Å². The minimum Gasteiger partial charge on any atom is -0.325 e. The van der Waals surface area contributed by atoms with Crippen molar-refractivity contribution in [2.45, 2.75) is 9.92 Å². The first kappa shape index (κ1) is 14.9. The molecule has 0 bridgehead atoms. The van der Waals surface area contributed by atoms with Crippen molar-refractivity contribution in [1.82, 2.24) is 19.8 Å². The number of hydrogen-bond donors (Lipinski definition) is 1. The Kier molecular flexibility index (Phi) is 4.59. The number of aromatic nitrogens is 4. The summed E-state index contributed by atoms with van der Waals surface area (Å²) in [4.78, 5) is 13.1. The molecule has 0 atom stereocenters. The zero-order chi connectivity index (χ0) is 15.4. The quantitative estimate of drug-likeness (QED) is 0.725. The number of amides is 1. The molecule has 6 nitrogen and oxygen atoms in total. The van der Waals surface area contributed by atoms with Crippen LogP contribution in [0.5, 0.6) is 0 Å². The minimum atomic E-state index is -0.0612. The summed E-state index contributed by atoms with van der Waals surface area (Å²) in [6, 6.07) is 11.4. The van der Waals surface area contributed by atoms with E-state index in [2.05, 4.69) is 20.6 Å². The van der Waals surface area contributed by atoms with Gasteiger partial charge in [0.2, 0.25) is 5.91 Å². The first-order chi connectivity index (χ1) is 10.7. The molecule has 1 N–H and O–H groups in total. The third-order valence-electron chi connectivity index (χ3n) is 2.84. The number of hydrogen-bond acceptors (Lipinski definition) is 6. The van der Waals surface area contributed by atoms with Gasteiger partial charge in [0.15, 0.2) is 5.65 Å². The van der Waals surface area contributed by atoms with E-state index in [9.17, 15) is 4.79 Å². The van der Waals surface area contributed by atoms with Gasteiger partial charge in [-0.25, -0.2) is 0 Å². The van der Waals surface area contributed by atoms with Gasteiger partial charge in [-0.05, 0) is 36.6 Å². The fourth-order valence-corrected chi connectivity index (χ4v) is 2.95. The number of fused-ring (bicyclic) bond motifs is 1. The summed E-state index contributed by atoms with van der Waals surface area (Å²) in [5.41, 5.74) is 1.49. The molecule has 8 heteroatoms. The second-order valence-electron chi connectivity index (χ2n) is 4.37. The Bertz CT molecular complexity index is 805. The number of rotatable bonds is 5. The van der Waals surface area contributed by atoms with E-state index >= 15 is 0 Å². The number of benzene rings is 1. The number of carbonyl (C=O) groups excluding carboxylic acids is 1. The topological polar surface area (TPSA) is 72.2 Å². The molecule has 0 saturated heterocycles. The Labute approximate surface area is 135 Å². The summed E-state index contributed by atoms with van der Waals surface area (Å²) < 4.78 is 1.59. The molecule has 0 aliphatic rings. The maximum Gasteiger partial charge on any atom is 0.234 e. The average Bonchev–Trinajstić information content (AvgIpc) is 3.00. The van der Waals surface area contributed by atoms with Crippen molar-refractivity contribution in [3.05, 3.63) is 42.7 Å². The molecule has 0 fully saturated rings. The van der Waals surface area contributed by atoms with Crippen LogP contribution in [0, 0.1) is 0 Å². The predicted molar refractivity (Wildman–Crippen MR) is 88.4 cm³/mol. The zero-order valence-corrected chi connectivity index (χ0v) is 13.4. The van der Waals surface area contributed by atoms with Crippen molar-refractivity contribution in [1.29, 1.82) is 0 Å². The van der Waals surface area contributed by atoms with E-state index in [1.807, 2.05) is 42.7 Å². The summed E-state index contributed by atoms with van der Waals surface area (Å²) >= 11 is 3.01. The van der Waals surface area contributed by atoms with Crippen molar-refractivity contribution in [3.8, 4) is 0 Å². The highest BCUT2D eigenvalue weighted by Crippen LogP contribution is 2.20. The maximum atomic E-state index is 12.0. The van der Waals surface area contributed by atoms with E-state index in [1.165, 1.54) is 18.1 Å². The first-order valence-electron chi connectivity index (χ1n) is 6.48. The molecule has 22 heavy (non-hydrogen) atoms. The number of thioether (sulfide) groups is 2. The van der Waals surface area contributed by atoms with Gasteiger partial charge in [0.05, 0.1) is 5.75 Å². The van der Waals surface area contributed by atoms with Crippen molar-refractivity contribution >= 4 is 40.8 Å². The molecular weight excluding hydrogens is 318 g/mol. The van der Waals surface area contributed by atoms with Crippen LogP contribution in [0.15, 0.2) is 52.6 Å². The van der Waals surface area contributed by atoms with Gasteiger partial charge in [0.1, 0.15) is 11.4 Å². The van der Waals surface area contributed by atoms with Crippen LogP contribution in [0.25, 0.3) is 5.65 Å². The van der Waals surface area contributed by atoms with Gasteiger partial charge in [0.25, 0.3) is 0 Å². The van der Waals surface area contributed by atoms with Crippen LogP contribution in [0.3, 0.4) is 0 Å². The van der Waals surface area contributed by atoms with Crippen LogP contribution in [-0.4, -0.2) is 37.7 Å². The lowest BCUT2D eigenvalue weighted by Crippen LogP contribution is -2.14. The van der Waals surface area contributed by atoms with Crippen LogP contribution in [0.1, 0.15) is 0 Å². The highest BCUT2D eigenvalue weighted by Gasteiger charge is 2.06. The molecule has 2 heterocycles. The third kappa shape index (κ3) is 3.58. The smallest absolute Gasteiger partial charge is 0.234 e. The van der Waals surface area contributed by atoms with Gasteiger partial charge in [-0.2, -0.15) is 9.61 Å². The van der Waals surface area contributed by atoms with Gasteiger partial charge < -0.3 is 5.32 Å². The summed E-state index contributed by atoms with van der Waals surface area (Å²) in [7, 11) is 0. The molecule has 112 valence electrons. The predicted octanol–water partition coefficient (Wildman–Crippen LogP) is 2.58. The van der Waals surface area contributed by atoms with E-state index in [-0.39, 0.29) is 5.91 Å². The van der Waals surface area contributed by atoms with Crippen LogP contribution in [-0.2, 0) is 4.79 Å². The van der Waals surface area contributed by atoms with Crippen molar-refractivity contribution in [2.75, 3.05) is 17.3 Å². The normalized spacial score (nSPS) is 10.8. The summed E-state index contributed by atoms with van der Waals surface area (Å²) in [5.74, 6) is 0.235. The molecule has 2 aromatic heterocycles. The zero-order valence-electron chi connectivity index (χ0n) is 11.8. The second-order valence-corrected chi connectivity index (χ2v) is 6.25. The number of carbonyl (C=O) groups is 1. The molecule has 0 spiro atoms. The van der Waals surface area contributed by atoms with Crippen molar-refractivity contribution in [3.63, 3.8) is 0 Å². The lowest BCUT2D eigenvalue weighted by molar-refractivity contribution is -0.113. The summed E-state index contributed by atoms with van der Waals surface area (Å²) in [6.45, 7) is 0. The maximum absolute atomic E-state index is 12.0. The number of nitrogens with zero attached hydrogens (tertiary/aromatic N) is 4. The van der Waals surface area contributed by atoms with E-state index in [1.54, 1.807) is 16.3 Å². The van der Waals surface area contributed by atoms with Crippen LogP contribution in [0.4, 0.5) is 5.69 Å². The highest BCUT2D eigenvalue weighted by molar-refractivity contribution is 8.00. The Morgan fingerprint density at radius 3 is 3.09 bits per heavy atom. The molecule has 0 saturated carbocycles. The highest BCUT2D eigenvalue weighted by atomic mass is 32.2. The van der Waals surface area contributed by atoms with Gasteiger partial charge in [0, 0.05) is 10.6 Å². The largest absolute Gasteiger partial charge is 0.325 e. The standard InChI is InChI=1S/C14H13N5OS2/c1-21-11-4-2-3-10(7-11)16-13(20)8-22-14-6-5-12-17-15-9-19(12)18-14/h2-7,9H,8H2,1H3,(H,16,20). The Morgan fingerprint density at radius 2 is 2.23 bits per heavy atom. The first-order valence-corrected chi connectivity index (χ1v) is 8.69. The monoisotopic (exact) mass is 331 g/mol. The SMILES string of the molecule is CSc1cccc(NC(=O)CSc2ccc3nncn3n2)c1. The van der Waals surface area contributed by atoms with Gasteiger partial charge in [-0.3, -0.25) is 4.79 Å². The molecular formula is C14H13N5OS2. The van der Waals surface area contributed by atoms with Crippen molar-refractivity contribution in [2.24, 2.45) is 0 Å². The van der Waals surface area contributed by atoms with Crippen LogP contribution >= 0.6 is 23.5 Å². The molecule has 3 rings (SSSR count). The van der Waals surface area contributed by atoms with Crippen molar-refractivity contribution < 1.29 is 4.79 Å². The van der Waals surface area contributed by atoms with Crippen LogP contribution < -0.4 is 5.32 Å². The Balaban J connectivity index is 1.59. The third-order valence-corrected chi connectivity index (χ3v) is 4.49. The second kappa shape index (κ2) is 6.80. The molecule has 0 unspecified atom stereocenters. The summed E-state index contributed by atoms with van der Waals surface area (Å²) in [5, 5.41) is 15.6. The molecule has 0 aliphatic heterocycles. The number of anilines is 1. The van der Waals surface area contributed by atoms with Gasteiger partial charge in [-0.1, -0.05) is 17.8 Å². The molecule has 1 aromatic carbocycles.